The van der Waals surface area contributed by atoms with E-state index in [4.69, 9.17) is 9.47 Å². The highest BCUT2D eigenvalue weighted by Crippen LogP contribution is 2.55. The van der Waals surface area contributed by atoms with Crippen molar-refractivity contribution in [1.82, 2.24) is 0 Å². The molecule has 0 atom stereocenters. The molecule has 2 heterocycles. The number of carbonyl (C=O) groups excluding carboxylic acids is 1. The van der Waals surface area contributed by atoms with E-state index in [1.165, 1.54) is 196 Å². The molecule has 4 rings (SSSR count). The van der Waals surface area contributed by atoms with Crippen LogP contribution in [-0.4, -0.2) is 54.6 Å². The van der Waals surface area contributed by atoms with Crippen LogP contribution in [0.25, 0.3) is 0 Å². The first-order chi connectivity index (χ1) is 38.2. The molecule has 0 aliphatic carbocycles. The second kappa shape index (κ2) is 38.9. The Morgan fingerprint density at radius 2 is 1.12 bits per heavy atom. The van der Waals surface area contributed by atoms with E-state index in [1.807, 2.05) is 18.2 Å². The van der Waals surface area contributed by atoms with Gasteiger partial charge in [0.05, 0.1) is 30.7 Å². The lowest BCUT2D eigenvalue weighted by molar-refractivity contribution is -0.436. The minimum Gasteiger partial charge on any atom is -0.497 e. The van der Waals surface area contributed by atoms with Crippen molar-refractivity contribution in [3.8, 4) is 11.8 Å². The highest BCUT2D eigenvalue weighted by molar-refractivity contribution is 6.04. The lowest BCUT2D eigenvalue weighted by atomic mass is 9.69. The molecule has 2 aliphatic rings. The van der Waals surface area contributed by atoms with Crippen LogP contribution in [0.4, 0.5) is 11.4 Å². The Morgan fingerprint density at radius 1 is 0.641 bits per heavy atom. The number of carbonyl (C=O) groups is 2. The number of anilines is 1. The highest BCUT2D eigenvalue weighted by atomic mass is 16.5. The van der Waals surface area contributed by atoms with Gasteiger partial charge in [-0.1, -0.05) is 245 Å². The minimum atomic E-state index is -0.805. The molecule has 434 valence electrons. The van der Waals surface area contributed by atoms with Crippen molar-refractivity contribution in [1.29, 1.82) is 5.26 Å². The summed E-state index contributed by atoms with van der Waals surface area (Å²) < 4.78 is 13.7. The first kappa shape index (κ1) is 65.9. The zero-order valence-corrected chi connectivity index (χ0v) is 50.6. The topological polar surface area (TPSA) is 103 Å². The molecule has 8 heteroatoms. The summed E-state index contributed by atoms with van der Waals surface area (Å²) in [6.45, 7) is 13.0. The number of rotatable bonds is 47. The Morgan fingerprint density at radius 3 is 1.56 bits per heavy atom. The standard InChI is InChI=1S/C70H109N3O5/c1-7-11-15-19-23-27-31-35-48-69(49-36-32-28-24-20-16-12-8-2)62-55-59(5)39-43-64(62)72(52-47-68(75)76)66(69)45-40-60(57-71)41-46-67-70(50-37-33-29-25-21-17-13-9-3,51-38-34-30-26-22-18-14-10-4)63-56-61(77-6)42-44-65(63)73(67)53-54-78-58-74/h39-46,55-56,58H,7-38,47-54H2,1-6H3/p+1. The fourth-order valence-corrected chi connectivity index (χ4v) is 13.0. The largest absolute Gasteiger partial charge is 0.497 e. The summed E-state index contributed by atoms with van der Waals surface area (Å²) >= 11 is 0. The molecular weight excluding hydrogens is 963 g/mol. The van der Waals surface area contributed by atoms with E-state index < -0.39 is 5.97 Å². The molecule has 78 heavy (non-hydrogen) atoms. The van der Waals surface area contributed by atoms with E-state index in [1.54, 1.807) is 7.11 Å². The summed E-state index contributed by atoms with van der Waals surface area (Å²) in [5, 5.41) is 21.4. The molecule has 8 nitrogen and oxygen atoms in total. The quantitative estimate of drug-likeness (QED) is 0.0232. The Kier molecular flexibility index (Phi) is 32.8. The normalized spacial score (nSPS) is 15.1. The molecule has 0 fully saturated rings. The zero-order chi connectivity index (χ0) is 56.1. The van der Waals surface area contributed by atoms with Gasteiger partial charge in [-0.15, -0.1) is 0 Å². The van der Waals surface area contributed by atoms with E-state index in [0.29, 0.717) is 25.1 Å². The summed E-state index contributed by atoms with van der Waals surface area (Å²) in [5.74, 6) is 0.0340. The van der Waals surface area contributed by atoms with Crippen molar-refractivity contribution in [2.24, 2.45) is 0 Å². The predicted molar refractivity (Wildman–Crippen MR) is 329 cm³/mol. The van der Waals surface area contributed by atoms with E-state index in [0.717, 1.165) is 79.9 Å². The smallest absolute Gasteiger partial charge is 0.309 e. The Bertz CT molecular complexity index is 2160. The van der Waals surface area contributed by atoms with Crippen molar-refractivity contribution >= 4 is 29.5 Å². The Labute approximate surface area is 476 Å². The average molecular weight is 1070 g/mol. The number of ether oxygens (including phenoxy) is 2. The summed E-state index contributed by atoms with van der Waals surface area (Å²) in [7, 11) is 1.75. The van der Waals surface area contributed by atoms with Crippen LogP contribution in [0, 0.1) is 18.3 Å². The van der Waals surface area contributed by atoms with Gasteiger partial charge in [0, 0.05) is 34.5 Å². The minimum absolute atomic E-state index is 0.0259. The molecular formula is C70H110N3O5+. The van der Waals surface area contributed by atoms with Gasteiger partial charge in [-0.25, -0.2) is 0 Å². The van der Waals surface area contributed by atoms with Crippen LogP contribution in [0.3, 0.4) is 0 Å². The van der Waals surface area contributed by atoms with Crippen LogP contribution < -0.4 is 9.64 Å². The number of hydrogen-bond donors (Lipinski definition) is 1. The zero-order valence-electron chi connectivity index (χ0n) is 50.6. The number of unbranched alkanes of at least 4 members (excludes halogenated alkanes) is 28. The summed E-state index contributed by atoms with van der Waals surface area (Å²) in [6.07, 6.45) is 52.2. The van der Waals surface area contributed by atoms with E-state index in [9.17, 15) is 20.0 Å². The highest BCUT2D eigenvalue weighted by Gasteiger charge is 2.50. The number of carboxylic acids is 1. The molecule has 2 aromatic rings. The third kappa shape index (κ3) is 21.1. The number of nitriles is 1. The van der Waals surface area contributed by atoms with Gasteiger partial charge < -0.3 is 19.5 Å². The van der Waals surface area contributed by atoms with Crippen LogP contribution in [0.2, 0.25) is 0 Å². The van der Waals surface area contributed by atoms with E-state index >= 15 is 0 Å². The summed E-state index contributed by atoms with van der Waals surface area (Å²) in [6, 6.07) is 15.9. The predicted octanol–water partition coefficient (Wildman–Crippen LogP) is 19.8. The maximum atomic E-state index is 12.4. The van der Waals surface area contributed by atoms with Gasteiger partial charge in [-0.3, -0.25) is 9.59 Å². The molecule has 0 saturated carbocycles. The number of methoxy groups -OCH3 is 1. The van der Waals surface area contributed by atoms with Gasteiger partial charge in [0.1, 0.15) is 18.8 Å². The van der Waals surface area contributed by atoms with Crippen molar-refractivity contribution in [3.05, 3.63) is 88.7 Å². The van der Waals surface area contributed by atoms with Crippen molar-refractivity contribution < 1.29 is 28.7 Å². The summed E-state index contributed by atoms with van der Waals surface area (Å²) in [5.41, 5.74) is 8.26. The maximum absolute atomic E-state index is 12.4. The van der Waals surface area contributed by atoms with Gasteiger partial charge in [0.15, 0.2) is 12.3 Å². The van der Waals surface area contributed by atoms with Gasteiger partial charge in [0.25, 0.3) is 6.47 Å². The Balaban J connectivity index is 1.86. The number of hydrogen-bond acceptors (Lipinski definition) is 6. The van der Waals surface area contributed by atoms with Crippen molar-refractivity contribution in [3.63, 3.8) is 0 Å². The first-order valence-electron chi connectivity index (χ1n) is 32.2. The molecule has 2 aliphatic heterocycles. The second-order valence-corrected chi connectivity index (χ2v) is 23.4. The van der Waals surface area contributed by atoms with Gasteiger partial charge in [-0.05, 0) is 80.7 Å². The molecule has 0 radical (unpaired) electrons. The Hall–Kier alpha value is -4.64. The van der Waals surface area contributed by atoms with Crippen LogP contribution in [0.5, 0.6) is 5.75 Å². The molecule has 0 aromatic heterocycles. The fraction of sp³-hybridized carbons (Fsp3) is 0.686. The number of aryl methyl sites for hydroxylation is 1. The lowest BCUT2D eigenvalue weighted by Gasteiger charge is -2.34. The van der Waals surface area contributed by atoms with Crippen molar-refractivity contribution in [2.75, 3.05) is 31.7 Å². The van der Waals surface area contributed by atoms with Gasteiger partial charge in [0.2, 0.25) is 5.69 Å². The third-order valence-electron chi connectivity index (χ3n) is 17.4. The van der Waals surface area contributed by atoms with Gasteiger partial charge in [-0.2, -0.15) is 9.84 Å². The fourth-order valence-electron chi connectivity index (χ4n) is 13.0. The molecule has 0 amide bonds. The molecule has 0 unspecified atom stereocenters. The number of benzene rings is 2. The SMILES string of the molecule is CCCCCCCCCCC1(CCCCCCCCCC)C(/C=C/C(C#N)=C/C=C2/N(CCOC=O)c3ccc(OC)cc3C2(CCCCCCCCCC)CCCCCCCCCC)=[N+](CCC(=O)O)c2ccc(C)cc21. The number of fused-ring (bicyclic) bond motifs is 2. The number of allylic oxidation sites excluding steroid dienone is 6. The lowest BCUT2D eigenvalue weighted by Crippen LogP contribution is -2.35. The van der Waals surface area contributed by atoms with Gasteiger partial charge >= 0.3 is 5.97 Å². The second-order valence-electron chi connectivity index (χ2n) is 23.4. The van der Waals surface area contributed by atoms with Crippen LogP contribution >= 0.6 is 0 Å². The monoisotopic (exact) mass is 1070 g/mol. The van der Waals surface area contributed by atoms with Crippen LogP contribution in [-0.2, 0) is 25.2 Å². The molecule has 1 N–H and O–H groups in total. The van der Waals surface area contributed by atoms with Crippen molar-refractivity contribution in [2.45, 2.75) is 283 Å². The number of aliphatic carboxylic acids is 1. The molecule has 0 bridgehead atoms. The average Bonchev–Trinajstić information content (AvgIpc) is 4.04. The number of nitrogens with zero attached hydrogens (tertiary/aromatic N) is 3. The molecule has 0 saturated heterocycles. The third-order valence-corrected chi connectivity index (χ3v) is 17.4. The molecule has 0 spiro atoms. The summed E-state index contributed by atoms with van der Waals surface area (Å²) in [4.78, 5) is 26.4. The van der Waals surface area contributed by atoms with E-state index in [-0.39, 0.29) is 23.9 Å². The first-order valence-corrected chi connectivity index (χ1v) is 32.2. The van der Waals surface area contributed by atoms with Crippen LogP contribution in [0.1, 0.15) is 282 Å². The maximum Gasteiger partial charge on any atom is 0.309 e. The number of carboxylic acid groups (broad SMARTS) is 1. The molecule has 2 aromatic carbocycles. The van der Waals surface area contributed by atoms with E-state index in [2.05, 4.69) is 92.6 Å². The van der Waals surface area contributed by atoms with Crippen LogP contribution in [0.15, 0.2) is 72.0 Å².